The van der Waals surface area contributed by atoms with E-state index in [-0.39, 0.29) is 11.8 Å². The van der Waals surface area contributed by atoms with Crippen molar-refractivity contribution in [2.75, 3.05) is 36.4 Å². The van der Waals surface area contributed by atoms with Crippen molar-refractivity contribution in [1.29, 1.82) is 0 Å². The molecule has 1 N–H and O–H groups in total. The van der Waals surface area contributed by atoms with E-state index in [0.29, 0.717) is 13.1 Å². The lowest BCUT2D eigenvalue weighted by Gasteiger charge is -2.36. The molecule has 3 rings (SSSR count). The zero-order valence-corrected chi connectivity index (χ0v) is 16.2. The molecule has 27 heavy (non-hydrogen) atoms. The number of nitrogens with one attached hydrogen (secondary N) is 1. The number of benzene rings is 1. The predicted octanol–water partition coefficient (Wildman–Crippen LogP) is 3.16. The van der Waals surface area contributed by atoms with Gasteiger partial charge in [0, 0.05) is 50.0 Å². The number of piperazine rings is 1. The fourth-order valence-electron chi connectivity index (χ4n) is 3.29. The number of amides is 2. The molecule has 1 aliphatic heterocycles. The summed E-state index contributed by atoms with van der Waals surface area (Å²) < 4.78 is 1.85. The first kappa shape index (κ1) is 18.9. The number of hydrogen-bond acceptors (Lipinski definition) is 4. The molecule has 0 saturated carbocycles. The molecule has 0 radical (unpaired) electrons. The topological polar surface area (TPSA) is 70.5 Å². The van der Waals surface area contributed by atoms with Gasteiger partial charge in [0.1, 0.15) is 5.82 Å². The van der Waals surface area contributed by atoms with Gasteiger partial charge in [-0.1, -0.05) is 6.92 Å². The number of rotatable bonds is 5. The minimum Gasteiger partial charge on any atom is -0.368 e. The summed E-state index contributed by atoms with van der Waals surface area (Å²) in [5, 5.41) is 7.41. The maximum Gasteiger partial charge on any atom is 0.323 e. The molecule has 7 nitrogen and oxygen atoms in total. The number of carbonyl (C=O) groups is 2. The second kappa shape index (κ2) is 8.24. The highest BCUT2D eigenvalue weighted by Gasteiger charge is 2.22. The Labute approximate surface area is 159 Å². The third kappa shape index (κ3) is 4.48. The third-order valence-corrected chi connectivity index (χ3v) is 4.78. The van der Waals surface area contributed by atoms with E-state index in [9.17, 15) is 9.59 Å². The van der Waals surface area contributed by atoms with Crippen molar-refractivity contribution in [2.24, 2.45) is 0 Å². The summed E-state index contributed by atoms with van der Waals surface area (Å²) in [5.41, 5.74) is 2.70. The Balaban J connectivity index is 1.57. The summed E-state index contributed by atoms with van der Waals surface area (Å²) in [5.74, 6) is 0.821. The van der Waals surface area contributed by atoms with E-state index >= 15 is 0 Å². The Hall–Kier alpha value is -2.83. The fraction of sp³-hybridized carbons (Fsp3) is 0.450. The van der Waals surface area contributed by atoms with Crippen molar-refractivity contribution in [3.63, 3.8) is 0 Å². The lowest BCUT2D eigenvalue weighted by atomic mass is 10.1. The van der Waals surface area contributed by atoms with Crippen LogP contribution >= 0.6 is 0 Å². The van der Waals surface area contributed by atoms with Crippen LogP contribution in [0.3, 0.4) is 0 Å². The molecule has 0 atom stereocenters. The fourth-order valence-corrected chi connectivity index (χ4v) is 3.29. The Kier molecular flexibility index (Phi) is 5.78. The van der Waals surface area contributed by atoms with E-state index in [1.54, 1.807) is 6.92 Å². The number of Topliss-reactive ketones (excluding diaryl/α,β-unsaturated/α-hetero) is 1. The number of carbonyl (C=O) groups excluding carboxylic acids is 2. The van der Waals surface area contributed by atoms with Crippen molar-refractivity contribution in [1.82, 2.24) is 14.7 Å². The maximum atomic E-state index is 12.6. The van der Waals surface area contributed by atoms with E-state index in [1.807, 2.05) is 46.8 Å². The Morgan fingerprint density at radius 2 is 1.78 bits per heavy atom. The molecule has 1 saturated heterocycles. The van der Waals surface area contributed by atoms with Crippen molar-refractivity contribution in [3.05, 3.63) is 41.6 Å². The van der Waals surface area contributed by atoms with Crippen LogP contribution in [-0.4, -0.2) is 52.7 Å². The zero-order chi connectivity index (χ0) is 19.4. The molecule has 2 aromatic rings. The second-order valence-corrected chi connectivity index (χ2v) is 6.90. The summed E-state index contributed by atoms with van der Waals surface area (Å²) >= 11 is 0. The number of aromatic nitrogens is 2. The molecule has 0 spiro atoms. The van der Waals surface area contributed by atoms with Gasteiger partial charge < -0.3 is 9.80 Å². The van der Waals surface area contributed by atoms with Gasteiger partial charge in [0.05, 0.1) is 5.69 Å². The van der Waals surface area contributed by atoms with Crippen molar-refractivity contribution in [3.8, 4) is 0 Å². The molecular weight excluding hydrogens is 342 g/mol. The van der Waals surface area contributed by atoms with Gasteiger partial charge in [-0.15, -0.1) is 0 Å². The van der Waals surface area contributed by atoms with Gasteiger partial charge in [0.15, 0.2) is 5.78 Å². The minimum atomic E-state index is -0.0844. The van der Waals surface area contributed by atoms with Crippen LogP contribution in [0.1, 0.15) is 36.3 Å². The molecule has 2 amide bonds. The molecule has 0 aliphatic carbocycles. The van der Waals surface area contributed by atoms with E-state index < -0.39 is 0 Å². The van der Waals surface area contributed by atoms with Crippen LogP contribution in [0.15, 0.2) is 30.3 Å². The lowest BCUT2D eigenvalue weighted by molar-refractivity contribution is 0.101. The highest BCUT2D eigenvalue weighted by Crippen LogP contribution is 2.18. The Morgan fingerprint density at radius 1 is 1.11 bits per heavy atom. The molecule has 144 valence electrons. The third-order valence-electron chi connectivity index (χ3n) is 4.78. The molecule has 0 bridgehead atoms. The van der Waals surface area contributed by atoms with Gasteiger partial charge in [-0.3, -0.25) is 10.1 Å². The molecule has 1 aromatic heterocycles. The average molecular weight is 369 g/mol. The highest BCUT2D eigenvalue weighted by molar-refractivity contribution is 5.94. The summed E-state index contributed by atoms with van der Waals surface area (Å²) in [6.07, 6.45) is 0.963. The van der Waals surface area contributed by atoms with Crippen LogP contribution in [0.2, 0.25) is 0 Å². The van der Waals surface area contributed by atoms with Crippen molar-refractivity contribution < 1.29 is 9.59 Å². The quantitative estimate of drug-likeness (QED) is 0.822. The Morgan fingerprint density at radius 3 is 2.37 bits per heavy atom. The number of ketones is 1. The number of nitrogens with zero attached hydrogens (tertiary/aromatic N) is 4. The van der Waals surface area contributed by atoms with E-state index in [1.165, 1.54) is 0 Å². The summed E-state index contributed by atoms with van der Waals surface area (Å²) in [6.45, 7) is 9.21. The zero-order valence-electron chi connectivity index (χ0n) is 16.2. The summed E-state index contributed by atoms with van der Waals surface area (Å²) in [6, 6.07) is 9.47. The van der Waals surface area contributed by atoms with E-state index in [0.717, 1.165) is 48.8 Å². The van der Waals surface area contributed by atoms with Crippen LogP contribution < -0.4 is 10.2 Å². The van der Waals surface area contributed by atoms with E-state index in [2.05, 4.69) is 22.2 Å². The number of urea groups is 1. The molecular formula is C20H27N5O2. The van der Waals surface area contributed by atoms with Gasteiger partial charge in [-0.2, -0.15) is 5.10 Å². The van der Waals surface area contributed by atoms with Crippen molar-refractivity contribution >= 4 is 23.3 Å². The van der Waals surface area contributed by atoms with Crippen LogP contribution in [0.25, 0.3) is 0 Å². The first-order valence-corrected chi connectivity index (χ1v) is 9.44. The standard InChI is InChI=1S/C20H27N5O2/c1-4-9-25-19(14-15(2)22-25)21-20(27)24-12-10-23(11-13-24)18-7-5-17(6-8-18)16(3)26/h5-8,14H,4,9-13H2,1-3H3,(H,21,27). The van der Waals surface area contributed by atoms with Crippen LogP contribution in [0.5, 0.6) is 0 Å². The molecule has 7 heteroatoms. The van der Waals surface area contributed by atoms with Crippen LogP contribution in [0.4, 0.5) is 16.3 Å². The Bertz CT molecular complexity index is 804. The molecule has 2 heterocycles. The smallest absolute Gasteiger partial charge is 0.323 e. The average Bonchev–Trinajstić information content (AvgIpc) is 3.01. The summed E-state index contributed by atoms with van der Waals surface area (Å²) in [7, 11) is 0. The van der Waals surface area contributed by atoms with Crippen LogP contribution in [-0.2, 0) is 6.54 Å². The van der Waals surface area contributed by atoms with Gasteiger partial charge in [0.25, 0.3) is 0 Å². The van der Waals surface area contributed by atoms with Gasteiger partial charge >= 0.3 is 6.03 Å². The molecule has 1 fully saturated rings. The normalized spacial score (nSPS) is 14.3. The second-order valence-electron chi connectivity index (χ2n) is 6.90. The summed E-state index contributed by atoms with van der Waals surface area (Å²) in [4.78, 5) is 28.1. The van der Waals surface area contributed by atoms with E-state index in [4.69, 9.17) is 0 Å². The monoisotopic (exact) mass is 369 g/mol. The van der Waals surface area contributed by atoms with Gasteiger partial charge in [-0.25, -0.2) is 9.48 Å². The number of hydrogen-bond donors (Lipinski definition) is 1. The SMILES string of the molecule is CCCn1nc(C)cc1NC(=O)N1CCN(c2ccc(C(C)=O)cc2)CC1. The lowest BCUT2D eigenvalue weighted by Crippen LogP contribution is -2.50. The highest BCUT2D eigenvalue weighted by atomic mass is 16.2. The first-order chi connectivity index (χ1) is 13.0. The molecule has 1 aromatic carbocycles. The predicted molar refractivity (Wildman–Crippen MR) is 107 cm³/mol. The van der Waals surface area contributed by atoms with Gasteiger partial charge in [-0.05, 0) is 44.5 Å². The number of anilines is 2. The van der Waals surface area contributed by atoms with Crippen LogP contribution in [0, 0.1) is 6.92 Å². The van der Waals surface area contributed by atoms with Crippen molar-refractivity contribution in [2.45, 2.75) is 33.7 Å². The van der Waals surface area contributed by atoms with Gasteiger partial charge in [0.2, 0.25) is 0 Å². The largest absolute Gasteiger partial charge is 0.368 e. The molecule has 0 unspecified atom stereocenters. The minimum absolute atomic E-state index is 0.0700. The first-order valence-electron chi connectivity index (χ1n) is 9.44. The molecule has 1 aliphatic rings. The number of aryl methyl sites for hydroxylation is 2. The maximum absolute atomic E-state index is 12.6.